The van der Waals surface area contributed by atoms with E-state index < -0.39 is 0 Å². The van der Waals surface area contributed by atoms with Gasteiger partial charge in [-0.2, -0.15) is 0 Å². The minimum atomic E-state index is 0.975. The molecule has 1 heterocycles. The summed E-state index contributed by atoms with van der Waals surface area (Å²) in [6, 6.07) is 0. The quantitative estimate of drug-likeness (QED) is 0.465. The summed E-state index contributed by atoms with van der Waals surface area (Å²) in [4.78, 5) is 1.95. The van der Waals surface area contributed by atoms with Gasteiger partial charge in [-0.15, -0.1) is 0 Å². The first-order valence-electron chi connectivity index (χ1n) is 3.03. The van der Waals surface area contributed by atoms with Gasteiger partial charge in [0.05, 0.1) is 0 Å². The molecule has 0 atom stereocenters. The van der Waals surface area contributed by atoms with Gasteiger partial charge in [-0.3, -0.25) is 0 Å². The van der Waals surface area contributed by atoms with Crippen molar-refractivity contribution in [2.24, 2.45) is 0 Å². The molecule has 0 aromatic heterocycles. The van der Waals surface area contributed by atoms with Gasteiger partial charge in [0.2, 0.25) is 0 Å². The molecule has 0 saturated carbocycles. The highest BCUT2D eigenvalue weighted by Crippen LogP contribution is 2.24. The highest BCUT2D eigenvalue weighted by atomic mass is 15.1. The van der Waals surface area contributed by atoms with Crippen molar-refractivity contribution in [3.63, 3.8) is 0 Å². The van der Waals surface area contributed by atoms with E-state index in [1.54, 1.807) is 0 Å². The lowest BCUT2D eigenvalue weighted by atomic mass is 10.2. The molecule has 1 nitrogen and oxygen atoms in total. The first-order chi connectivity index (χ1) is 4.36. The van der Waals surface area contributed by atoms with Crippen molar-refractivity contribution in [3.05, 3.63) is 42.6 Å². The molecule has 0 fully saturated rings. The van der Waals surface area contributed by atoms with E-state index in [0.717, 1.165) is 6.54 Å². The Labute approximate surface area is 55.0 Å². The van der Waals surface area contributed by atoms with Crippen molar-refractivity contribution >= 4 is 0 Å². The standard InChI is InChI=1S/C8H8N/c1-9-5-7-3-2-4-8(7)6-9/h2-5H,1,6H2. The number of rotatable bonds is 0. The molecule has 0 unspecified atom stereocenters. The third kappa shape index (κ3) is 0.611. The van der Waals surface area contributed by atoms with E-state index in [1.165, 1.54) is 11.1 Å². The first-order valence-corrected chi connectivity index (χ1v) is 3.03. The first kappa shape index (κ1) is 4.86. The number of allylic oxidation sites excluding steroid dienone is 3. The summed E-state index contributed by atoms with van der Waals surface area (Å²) in [6.45, 7) is 0.975. The molecule has 0 aromatic carbocycles. The molecule has 0 saturated heterocycles. The number of hydrogen-bond acceptors (Lipinski definition) is 1. The Kier molecular flexibility index (Phi) is 0.810. The summed E-state index contributed by atoms with van der Waals surface area (Å²) in [6.07, 6.45) is 8.39. The minimum Gasteiger partial charge on any atom is -0.371 e. The van der Waals surface area contributed by atoms with E-state index in [-0.39, 0.29) is 0 Å². The maximum Gasteiger partial charge on any atom is 0.0431 e. The predicted molar refractivity (Wildman–Crippen MR) is 37.4 cm³/mol. The fraction of sp³-hybridized carbons (Fsp3) is 0.125. The van der Waals surface area contributed by atoms with Crippen LogP contribution in [-0.4, -0.2) is 11.4 Å². The van der Waals surface area contributed by atoms with Gasteiger partial charge in [0, 0.05) is 19.8 Å². The molecule has 1 radical (unpaired) electrons. The van der Waals surface area contributed by atoms with Crippen LogP contribution in [0.3, 0.4) is 0 Å². The zero-order valence-corrected chi connectivity index (χ0v) is 5.17. The van der Waals surface area contributed by atoms with Crippen LogP contribution in [-0.2, 0) is 0 Å². The Bertz CT molecular complexity index is 221. The summed E-state index contributed by atoms with van der Waals surface area (Å²) in [5.41, 5.74) is 2.72. The van der Waals surface area contributed by atoms with Crippen LogP contribution < -0.4 is 0 Å². The molecule has 0 aromatic rings. The fourth-order valence-electron chi connectivity index (χ4n) is 1.20. The van der Waals surface area contributed by atoms with Gasteiger partial charge in [-0.1, -0.05) is 18.2 Å². The van der Waals surface area contributed by atoms with Crippen molar-refractivity contribution in [3.8, 4) is 0 Å². The predicted octanol–water partition coefficient (Wildman–Crippen LogP) is 1.47. The molecule has 2 aliphatic rings. The molecule has 0 bridgehead atoms. The second-order valence-corrected chi connectivity index (χ2v) is 2.38. The van der Waals surface area contributed by atoms with E-state index >= 15 is 0 Å². The van der Waals surface area contributed by atoms with Crippen molar-refractivity contribution in [1.29, 1.82) is 0 Å². The van der Waals surface area contributed by atoms with E-state index in [9.17, 15) is 0 Å². The topological polar surface area (TPSA) is 3.24 Å². The van der Waals surface area contributed by atoms with Crippen LogP contribution in [0.1, 0.15) is 0 Å². The molecule has 2 rings (SSSR count). The monoisotopic (exact) mass is 118 g/mol. The Morgan fingerprint density at radius 1 is 1.56 bits per heavy atom. The Morgan fingerprint density at radius 2 is 2.44 bits per heavy atom. The van der Waals surface area contributed by atoms with Crippen LogP contribution in [0, 0.1) is 7.05 Å². The Morgan fingerprint density at radius 3 is 3.22 bits per heavy atom. The summed E-state index contributed by atoms with van der Waals surface area (Å²) in [7, 11) is 3.80. The van der Waals surface area contributed by atoms with Crippen LogP contribution in [0.4, 0.5) is 0 Å². The maximum absolute atomic E-state index is 3.80. The lowest BCUT2D eigenvalue weighted by Crippen LogP contribution is -2.03. The van der Waals surface area contributed by atoms with Crippen molar-refractivity contribution in [2.45, 2.75) is 0 Å². The maximum atomic E-state index is 3.80. The zero-order chi connectivity index (χ0) is 6.27. The van der Waals surface area contributed by atoms with Gasteiger partial charge < -0.3 is 4.90 Å². The molecule has 0 spiro atoms. The molecule has 0 amide bonds. The summed E-state index contributed by atoms with van der Waals surface area (Å²) >= 11 is 0. The van der Waals surface area contributed by atoms with Gasteiger partial charge in [0.15, 0.2) is 0 Å². The van der Waals surface area contributed by atoms with Gasteiger partial charge in [-0.25, -0.2) is 0 Å². The molecule has 0 N–H and O–H groups in total. The van der Waals surface area contributed by atoms with E-state index in [2.05, 4.69) is 31.5 Å². The lowest BCUT2D eigenvalue weighted by molar-refractivity contribution is 0.574. The van der Waals surface area contributed by atoms with Crippen molar-refractivity contribution in [1.82, 2.24) is 4.90 Å². The van der Waals surface area contributed by atoms with Gasteiger partial charge in [0.25, 0.3) is 0 Å². The van der Waals surface area contributed by atoms with E-state index in [0.29, 0.717) is 0 Å². The van der Waals surface area contributed by atoms with Gasteiger partial charge in [-0.05, 0) is 11.1 Å². The lowest BCUT2D eigenvalue weighted by Gasteiger charge is -2.03. The summed E-state index contributed by atoms with van der Waals surface area (Å²) < 4.78 is 0. The zero-order valence-electron chi connectivity index (χ0n) is 5.17. The van der Waals surface area contributed by atoms with Crippen LogP contribution in [0.25, 0.3) is 0 Å². The summed E-state index contributed by atoms with van der Waals surface area (Å²) in [5, 5.41) is 0. The molecular weight excluding hydrogens is 110 g/mol. The number of hydrogen-bond donors (Lipinski definition) is 0. The molecule has 1 heteroatoms. The third-order valence-electron chi connectivity index (χ3n) is 1.64. The molecule has 1 aliphatic carbocycles. The highest BCUT2D eigenvalue weighted by Gasteiger charge is 2.14. The Hall–Kier alpha value is -0.980. The van der Waals surface area contributed by atoms with Crippen LogP contribution in [0.15, 0.2) is 35.6 Å². The van der Waals surface area contributed by atoms with E-state index in [1.807, 2.05) is 4.90 Å². The van der Waals surface area contributed by atoms with Crippen LogP contribution in [0.5, 0.6) is 0 Å². The smallest absolute Gasteiger partial charge is 0.0431 e. The molecular formula is C8H8N. The van der Waals surface area contributed by atoms with Gasteiger partial charge in [0.1, 0.15) is 0 Å². The van der Waals surface area contributed by atoms with Crippen molar-refractivity contribution in [2.75, 3.05) is 6.54 Å². The summed E-state index contributed by atoms with van der Waals surface area (Å²) in [5.74, 6) is 0. The SMILES string of the molecule is [CH2]N1C=C2C=CC=C2C1. The Balaban J connectivity index is 2.40. The third-order valence-corrected chi connectivity index (χ3v) is 1.64. The molecule has 45 valence electrons. The highest BCUT2D eigenvalue weighted by molar-refractivity contribution is 5.51. The molecule has 1 aliphatic heterocycles. The largest absolute Gasteiger partial charge is 0.371 e. The van der Waals surface area contributed by atoms with E-state index in [4.69, 9.17) is 0 Å². The second kappa shape index (κ2) is 1.50. The number of nitrogens with zero attached hydrogens (tertiary/aromatic N) is 1. The number of fused-ring (bicyclic) bond motifs is 1. The average Bonchev–Trinajstić information content (AvgIpc) is 2.22. The average molecular weight is 118 g/mol. The fourth-order valence-corrected chi connectivity index (χ4v) is 1.20. The van der Waals surface area contributed by atoms with Gasteiger partial charge >= 0.3 is 0 Å². The van der Waals surface area contributed by atoms with Crippen molar-refractivity contribution < 1.29 is 0 Å². The van der Waals surface area contributed by atoms with Crippen LogP contribution >= 0.6 is 0 Å². The minimum absolute atomic E-state index is 0.975. The normalized spacial score (nSPS) is 22.1. The van der Waals surface area contributed by atoms with Crippen LogP contribution in [0.2, 0.25) is 0 Å². The molecule has 9 heavy (non-hydrogen) atoms. The second-order valence-electron chi connectivity index (χ2n) is 2.38.